The van der Waals surface area contributed by atoms with Gasteiger partial charge in [-0.05, 0) is 63.4 Å². The lowest BCUT2D eigenvalue weighted by molar-refractivity contribution is -0.112. The van der Waals surface area contributed by atoms with Gasteiger partial charge in [-0.1, -0.05) is 29.3 Å². The number of carbonyl (C=O) groups is 1. The predicted octanol–water partition coefficient (Wildman–Crippen LogP) is 3.56. The van der Waals surface area contributed by atoms with Crippen LogP contribution in [0.3, 0.4) is 0 Å². The Labute approximate surface area is 204 Å². The van der Waals surface area contributed by atoms with Crippen molar-refractivity contribution in [3.8, 4) is 11.4 Å². The molecule has 0 atom stereocenters. The summed E-state index contributed by atoms with van der Waals surface area (Å²) in [5.41, 5.74) is 7.88. The molecule has 3 aromatic rings. The van der Waals surface area contributed by atoms with Gasteiger partial charge >= 0.3 is 0 Å². The second-order valence-electron chi connectivity index (χ2n) is 9.17. The van der Waals surface area contributed by atoms with Gasteiger partial charge < -0.3 is 5.73 Å². The van der Waals surface area contributed by atoms with Gasteiger partial charge in [0.05, 0.1) is 10.5 Å². The normalized spacial score (nSPS) is 16.9. The van der Waals surface area contributed by atoms with Crippen LogP contribution in [0.2, 0.25) is 0 Å². The topological polar surface area (TPSA) is 111 Å². The van der Waals surface area contributed by atoms with E-state index < -0.39 is 21.6 Å². The van der Waals surface area contributed by atoms with Gasteiger partial charge in [-0.15, -0.1) is 5.10 Å². The quantitative estimate of drug-likeness (QED) is 0.524. The predicted molar refractivity (Wildman–Crippen MR) is 132 cm³/mol. The third-order valence-corrected chi connectivity index (χ3v) is 8.00. The van der Waals surface area contributed by atoms with Crippen LogP contribution in [0, 0.1) is 13.8 Å². The molecule has 1 aliphatic rings. The summed E-state index contributed by atoms with van der Waals surface area (Å²) in [5, 5.41) is 4.43. The molecule has 4 rings (SSSR count). The Morgan fingerprint density at radius 1 is 1.09 bits per heavy atom. The van der Waals surface area contributed by atoms with Crippen molar-refractivity contribution in [2.24, 2.45) is 5.73 Å². The number of benzene rings is 2. The summed E-state index contributed by atoms with van der Waals surface area (Å²) in [6, 6.07) is 11.9. The Morgan fingerprint density at radius 3 is 2.26 bits per heavy atom. The molecule has 0 spiro atoms. The Hall–Kier alpha value is -3.37. The molecule has 8 nitrogen and oxygen atoms in total. The lowest BCUT2D eigenvalue weighted by atomic mass is 9.97. The molecule has 184 valence electrons. The highest BCUT2D eigenvalue weighted by atomic mass is 32.2. The highest BCUT2D eigenvalue weighted by Crippen LogP contribution is 2.29. The van der Waals surface area contributed by atoms with E-state index in [-0.39, 0.29) is 36.4 Å². The first kappa shape index (κ1) is 24.7. The van der Waals surface area contributed by atoms with E-state index in [0.717, 1.165) is 16.7 Å². The van der Waals surface area contributed by atoms with Gasteiger partial charge in [0.25, 0.3) is 5.91 Å². The van der Waals surface area contributed by atoms with Crippen molar-refractivity contribution in [2.75, 3.05) is 13.1 Å². The van der Waals surface area contributed by atoms with Crippen LogP contribution >= 0.6 is 0 Å². The summed E-state index contributed by atoms with van der Waals surface area (Å²) >= 11 is 0. The van der Waals surface area contributed by atoms with Crippen LogP contribution < -0.4 is 5.73 Å². The number of hydrogen-bond acceptors (Lipinski definition) is 5. The second kappa shape index (κ2) is 9.35. The maximum atomic E-state index is 14.1. The zero-order valence-corrected chi connectivity index (χ0v) is 20.7. The van der Waals surface area contributed by atoms with E-state index in [1.54, 1.807) is 0 Å². The third-order valence-electron chi connectivity index (χ3n) is 6.08. The van der Waals surface area contributed by atoms with Crippen LogP contribution in [0.4, 0.5) is 4.39 Å². The molecule has 1 saturated heterocycles. The number of nitrogens with zero attached hydrogens (tertiary/aromatic N) is 4. The Bertz CT molecular complexity index is 1360. The SMILES string of the molecule is Cc1cc(C)cc(-c2ncn(/C=C(/C(N)=O)c3ccc(S(=O)(=O)N4CCC(C)(F)CC4)cc3)n2)c1. The molecular formula is C25H28FN5O3S. The van der Waals surface area contributed by atoms with Crippen LogP contribution in [0.15, 0.2) is 53.7 Å². The van der Waals surface area contributed by atoms with Crippen LogP contribution in [0.5, 0.6) is 0 Å². The van der Waals surface area contributed by atoms with Crippen LogP contribution in [0.1, 0.15) is 36.5 Å². The minimum Gasteiger partial charge on any atom is -0.366 e. The number of sulfonamides is 1. The molecule has 0 saturated carbocycles. The van der Waals surface area contributed by atoms with E-state index in [2.05, 4.69) is 16.1 Å². The van der Waals surface area contributed by atoms with Crippen molar-refractivity contribution in [2.45, 2.75) is 44.2 Å². The Morgan fingerprint density at radius 2 is 1.69 bits per heavy atom. The van der Waals surface area contributed by atoms with Crippen molar-refractivity contribution in [1.29, 1.82) is 0 Å². The molecular weight excluding hydrogens is 469 g/mol. The number of halogens is 1. The number of rotatable bonds is 6. The number of amides is 1. The number of alkyl halides is 1. The van der Waals surface area contributed by atoms with Crippen molar-refractivity contribution in [3.05, 3.63) is 65.5 Å². The van der Waals surface area contributed by atoms with Crippen molar-refractivity contribution in [3.63, 3.8) is 0 Å². The fourth-order valence-electron chi connectivity index (χ4n) is 4.13. The number of hydrogen-bond donors (Lipinski definition) is 1. The first-order valence-electron chi connectivity index (χ1n) is 11.3. The van der Waals surface area contributed by atoms with Crippen molar-refractivity contribution >= 4 is 27.7 Å². The molecule has 1 aromatic heterocycles. The first-order valence-corrected chi connectivity index (χ1v) is 12.7. The molecule has 35 heavy (non-hydrogen) atoms. The Balaban J connectivity index is 1.59. The Kier molecular flexibility index (Phi) is 6.61. The van der Waals surface area contributed by atoms with E-state index in [1.165, 1.54) is 52.7 Å². The maximum absolute atomic E-state index is 14.1. The minimum atomic E-state index is -3.76. The number of aryl methyl sites for hydroxylation is 2. The molecule has 2 N–H and O–H groups in total. The van der Waals surface area contributed by atoms with Gasteiger partial charge in [-0.2, -0.15) is 4.31 Å². The highest BCUT2D eigenvalue weighted by molar-refractivity contribution is 7.89. The molecule has 1 amide bonds. The number of piperidine rings is 1. The molecule has 1 aliphatic heterocycles. The summed E-state index contributed by atoms with van der Waals surface area (Å²) < 4.78 is 42.7. The largest absolute Gasteiger partial charge is 0.366 e. The van der Waals surface area contributed by atoms with Gasteiger partial charge in [0.1, 0.15) is 12.0 Å². The standard InChI is InChI=1S/C25H28FN5O3S/c1-17-12-18(2)14-20(13-17)24-28-16-30(29-24)15-22(23(27)32)19-4-6-21(7-5-19)35(33,34)31-10-8-25(3,26)9-11-31/h4-7,12-16H,8-11H2,1-3H3,(H2,27,32)/b22-15+. The first-order chi connectivity index (χ1) is 16.4. The lowest BCUT2D eigenvalue weighted by Gasteiger charge is -2.33. The van der Waals surface area contributed by atoms with Gasteiger partial charge in [0, 0.05) is 24.9 Å². The smallest absolute Gasteiger partial charge is 0.250 e. The average Bonchev–Trinajstić information content (AvgIpc) is 3.25. The van der Waals surface area contributed by atoms with Gasteiger partial charge in [0.2, 0.25) is 10.0 Å². The van der Waals surface area contributed by atoms with Gasteiger partial charge in [-0.3, -0.25) is 4.79 Å². The summed E-state index contributed by atoms with van der Waals surface area (Å²) in [5.74, 6) is -0.188. The van der Waals surface area contributed by atoms with Crippen molar-refractivity contribution < 1.29 is 17.6 Å². The number of aromatic nitrogens is 3. The maximum Gasteiger partial charge on any atom is 0.250 e. The van der Waals surface area contributed by atoms with E-state index >= 15 is 0 Å². The molecule has 2 heterocycles. The number of carbonyl (C=O) groups excluding carboxylic acids is 1. The van der Waals surface area contributed by atoms with Crippen LogP contribution in [-0.2, 0) is 14.8 Å². The zero-order chi connectivity index (χ0) is 25.4. The highest BCUT2D eigenvalue weighted by Gasteiger charge is 2.35. The molecule has 0 aliphatic carbocycles. The average molecular weight is 498 g/mol. The van der Waals surface area contributed by atoms with E-state index in [9.17, 15) is 17.6 Å². The van der Waals surface area contributed by atoms with Gasteiger partial charge in [0.15, 0.2) is 5.82 Å². The summed E-state index contributed by atoms with van der Waals surface area (Å²) in [7, 11) is -3.76. The fraction of sp³-hybridized carbons (Fsp3) is 0.320. The lowest BCUT2D eigenvalue weighted by Crippen LogP contribution is -2.43. The molecule has 2 aromatic carbocycles. The molecule has 0 bridgehead atoms. The summed E-state index contributed by atoms with van der Waals surface area (Å²) in [4.78, 5) is 16.6. The van der Waals surface area contributed by atoms with E-state index in [4.69, 9.17) is 5.73 Å². The van der Waals surface area contributed by atoms with E-state index in [1.807, 2.05) is 26.0 Å². The number of primary amides is 1. The second-order valence-corrected chi connectivity index (χ2v) is 11.1. The molecule has 10 heteroatoms. The molecule has 0 radical (unpaired) electrons. The van der Waals surface area contributed by atoms with Crippen molar-refractivity contribution in [1.82, 2.24) is 19.1 Å². The number of nitrogens with two attached hydrogens (primary N) is 1. The molecule has 1 fully saturated rings. The summed E-state index contributed by atoms with van der Waals surface area (Å²) in [6.45, 7) is 5.72. The fourth-order valence-corrected chi connectivity index (χ4v) is 5.58. The van der Waals surface area contributed by atoms with Gasteiger partial charge in [-0.25, -0.2) is 22.5 Å². The zero-order valence-electron chi connectivity index (χ0n) is 19.9. The molecule has 0 unspecified atom stereocenters. The monoisotopic (exact) mass is 497 g/mol. The van der Waals surface area contributed by atoms with Crippen LogP contribution in [0.25, 0.3) is 23.2 Å². The van der Waals surface area contributed by atoms with E-state index in [0.29, 0.717) is 11.4 Å². The van der Waals surface area contributed by atoms with Crippen LogP contribution in [-0.4, -0.2) is 52.2 Å². The third kappa shape index (κ3) is 5.49. The minimum absolute atomic E-state index is 0.0744. The summed E-state index contributed by atoms with van der Waals surface area (Å²) in [6.07, 6.45) is 3.24.